The summed E-state index contributed by atoms with van der Waals surface area (Å²) in [6.07, 6.45) is 5.72. The number of nitrogens with two attached hydrogens (primary N) is 1. The number of rotatable bonds is 6. The minimum Gasteiger partial charge on any atom is -0.363 e. The van der Waals surface area contributed by atoms with Gasteiger partial charge in [0.1, 0.15) is 5.82 Å². The van der Waals surface area contributed by atoms with Gasteiger partial charge in [-0.05, 0) is 61.9 Å². The molecule has 0 unspecified atom stereocenters. The van der Waals surface area contributed by atoms with Crippen LogP contribution in [0, 0.1) is 17.2 Å². The zero-order valence-corrected chi connectivity index (χ0v) is 16.9. The van der Waals surface area contributed by atoms with Crippen LogP contribution in [0.15, 0.2) is 36.5 Å². The number of urea groups is 1. The molecule has 152 valence electrons. The maximum atomic E-state index is 12.0. The van der Waals surface area contributed by atoms with Crippen molar-refractivity contribution < 1.29 is 4.79 Å². The molecule has 1 saturated carbocycles. The molecule has 1 aliphatic rings. The van der Waals surface area contributed by atoms with Crippen molar-refractivity contribution in [2.75, 3.05) is 35.8 Å². The molecule has 3 rings (SSSR count). The number of primary amides is 1. The van der Waals surface area contributed by atoms with Gasteiger partial charge in [0.15, 0.2) is 0 Å². The Bertz CT molecular complexity index is 867. The summed E-state index contributed by atoms with van der Waals surface area (Å²) in [7, 11) is 3.91. The van der Waals surface area contributed by atoms with E-state index < -0.39 is 6.03 Å². The first kappa shape index (κ1) is 20.4. The highest BCUT2D eigenvalue weighted by Crippen LogP contribution is 2.28. The van der Waals surface area contributed by atoms with Crippen LogP contribution in [0.4, 0.5) is 22.2 Å². The zero-order valence-electron chi connectivity index (χ0n) is 16.9. The first-order valence-electron chi connectivity index (χ1n) is 9.80. The number of hydrogen-bond donors (Lipinski definition) is 2. The standard InChI is InChI=1S/C21H27N7O/c1-27(2)19-11-12-24-21(26-19)25-17-7-3-16(4-8-17)14-28(20(23)29)18-9-5-15(13-22)6-10-18/h5-6,9-12,16-17H,3-4,7-8,14H2,1-2H3,(H2,23,29)(H,24,25,26). The summed E-state index contributed by atoms with van der Waals surface area (Å²) >= 11 is 0. The van der Waals surface area contributed by atoms with Gasteiger partial charge >= 0.3 is 6.03 Å². The van der Waals surface area contributed by atoms with Crippen LogP contribution in [0.1, 0.15) is 31.2 Å². The van der Waals surface area contributed by atoms with E-state index in [4.69, 9.17) is 11.0 Å². The lowest BCUT2D eigenvalue weighted by Gasteiger charge is -2.32. The van der Waals surface area contributed by atoms with Crippen molar-refractivity contribution in [2.45, 2.75) is 31.7 Å². The molecular formula is C21H27N7O. The van der Waals surface area contributed by atoms with Crippen molar-refractivity contribution in [1.82, 2.24) is 9.97 Å². The van der Waals surface area contributed by atoms with Gasteiger partial charge < -0.3 is 16.0 Å². The number of nitriles is 1. The fourth-order valence-corrected chi connectivity index (χ4v) is 3.64. The average molecular weight is 393 g/mol. The van der Waals surface area contributed by atoms with Gasteiger partial charge in [0.25, 0.3) is 0 Å². The Morgan fingerprint density at radius 2 is 1.90 bits per heavy atom. The SMILES string of the molecule is CN(C)c1ccnc(NC2CCC(CN(C(N)=O)c3ccc(C#N)cc3)CC2)n1. The molecule has 0 spiro atoms. The Morgan fingerprint density at radius 3 is 2.48 bits per heavy atom. The third-order valence-electron chi connectivity index (χ3n) is 5.29. The molecule has 2 amide bonds. The molecule has 3 N–H and O–H groups in total. The van der Waals surface area contributed by atoms with Crippen molar-refractivity contribution in [2.24, 2.45) is 11.7 Å². The smallest absolute Gasteiger partial charge is 0.319 e. The van der Waals surface area contributed by atoms with Crippen LogP contribution in [-0.2, 0) is 0 Å². The number of aromatic nitrogens is 2. The second kappa shape index (κ2) is 9.24. The van der Waals surface area contributed by atoms with E-state index >= 15 is 0 Å². The second-order valence-corrected chi connectivity index (χ2v) is 7.60. The first-order valence-corrected chi connectivity index (χ1v) is 9.80. The third kappa shape index (κ3) is 5.35. The van der Waals surface area contributed by atoms with Gasteiger partial charge in [-0.3, -0.25) is 4.90 Å². The van der Waals surface area contributed by atoms with Crippen LogP contribution in [0.3, 0.4) is 0 Å². The van der Waals surface area contributed by atoms with E-state index in [0.29, 0.717) is 30.0 Å². The molecule has 1 fully saturated rings. The van der Waals surface area contributed by atoms with Crippen LogP contribution in [0.5, 0.6) is 0 Å². The Morgan fingerprint density at radius 1 is 1.21 bits per heavy atom. The van der Waals surface area contributed by atoms with Crippen LogP contribution in [-0.4, -0.2) is 42.7 Å². The summed E-state index contributed by atoms with van der Waals surface area (Å²) in [5, 5.41) is 12.4. The summed E-state index contributed by atoms with van der Waals surface area (Å²) in [5.74, 6) is 1.90. The maximum absolute atomic E-state index is 12.0. The molecule has 1 aromatic carbocycles. The highest BCUT2D eigenvalue weighted by atomic mass is 16.2. The molecule has 8 heteroatoms. The number of nitrogens with one attached hydrogen (secondary N) is 1. The lowest BCUT2D eigenvalue weighted by atomic mass is 9.85. The third-order valence-corrected chi connectivity index (χ3v) is 5.29. The van der Waals surface area contributed by atoms with Gasteiger partial charge in [-0.1, -0.05) is 0 Å². The van der Waals surface area contributed by atoms with E-state index in [1.807, 2.05) is 25.1 Å². The Balaban J connectivity index is 1.56. The van der Waals surface area contributed by atoms with E-state index in [1.54, 1.807) is 35.4 Å². The lowest BCUT2D eigenvalue weighted by Crippen LogP contribution is -2.41. The molecule has 1 aliphatic carbocycles. The van der Waals surface area contributed by atoms with Gasteiger partial charge in [0.2, 0.25) is 5.95 Å². The molecule has 1 aromatic heterocycles. The molecule has 0 radical (unpaired) electrons. The zero-order chi connectivity index (χ0) is 20.8. The Hall–Kier alpha value is -3.34. The first-order chi connectivity index (χ1) is 14.0. The maximum Gasteiger partial charge on any atom is 0.319 e. The van der Waals surface area contributed by atoms with Gasteiger partial charge in [0, 0.05) is 38.6 Å². The minimum atomic E-state index is -0.469. The van der Waals surface area contributed by atoms with Crippen molar-refractivity contribution in [3.63, 3.8) is 0 Å². The van der Waals surface area contributed by atoms with E-state index in [-0.39, 0.29) is 0 Å². The van der Waals surface area contributed by atoms with Gasteiger partial charge in [-0.2, -0.15) is 10.2 Å². The molecule has 8 nitrogen and oxygen atoms in total. The fourth-order valence-electron chi connectivity index (χ4n) is 3.64. The molecule has 0 atom stereocenters. The number of carbonyl (C=O) groups is 1. The normalized spacial score (nSPS) is 18.5. The van der Waals surface area contributed by atoms with Gasteiger partial charge in [-0.15, -0.1) is 0 Å². The molecular weight excluding hydrogens is 366 g/mol. The average Bonchev–Trinajstić information content (AvgIpc) is 2.73. The number of hydrogen-bond acceptors (Lipinski definition) is 6. The summed E-state index contributed by atoms with van der Waals surface area (Å²) in [6.45, 7) is 0.584. The second-order valence-electron chi connectivity index (χ2n) is 7.60. The highest BCUT2D eigenvalue weighted by molar-refractivity contribution is 5.90. The lowest BCUT2D eigenvalue weighted by molar-refractivity contribution is 0.250. The monoisotopic (exact) mass is 393 g/mol. The summed E-state index contributed by atoms with van der Waals surface area (Å²) in [6, 6.07) is 10.8. The van der Waals surface area contributed by atoms with Crippen LogP contribution in [0.25, 0.3) is 0 Å². The van der Waals surface area contributed by atoms with E-state index in [2.05, 4.69) is 21.4 Å². The van der Waals surface area contributed by atoms with Gasteiger partial charge in [-0.25, -0.2) is 9.78 Å². The molecule has 0 bridgehead atoms. The Labute approximate surface area is 171 Å². The summed E-state index contributed by atoms with van der Waals surface area (Å²) < 4.78 is 0. The predicted octanol–water partition coefficient (Wildman–Crippen LogP) is 2.97. The molecule has 2 aromatic rings. The molecule has 1 heterocycles. The van der Waals surface area contributed by atoms with Crippen molar-refractivity contribution in [1.29, 1.82) is 5.26 Å². The van der Waals surface area contributed by atoms with Crippen LogP contribution in [0.2, 0.25) is 0 Å². The minimum absolute atomic E-state index is 0.320. The van der Waals surface area contributed by atoms with Crippen LogP contribution < -0.4 is 20.9 Å². The number of amides is 2. The largest absolute Gasteiger partial charge is 0.363 e. The predicted molar refractivity (Wildman–Crippen MR) is 114 cm³/mol. The number of benzene rings is 1. The topological polar surface area (TPSA) is 111 Å². The summed E-state index contributed by atoms with van der Waals surface area (Å²) in [5.41, 5.74) is 6.90. The molecule has 0 saturated heterocycles. The van der Waals surface area contributed by atoms with E-state index in [1.165, 1.54) is 0 Å². The number of nitrogens with zero attached hydrogens (tertiary/aromatic N) is 5. The quantitative estimate of drug-likeness (QED) is 0.780. The highest BCUT2D eigenvalue weighted by Gasteiger charge is 2.25. The van der Waals surface area contributed by atoms with E-state index in [0.717, 1.165) is 37.2 Å². The van der Waals surface area contributed by atoms with Crippen molar-refractivity contribution in [3.8, 4) is 6.07 Å². The fraction of sp³-hybridized carbons (Fsp3) is 0.429. The molecule has 29 heavy (non-hydrogen) atoms. The Kier molecular flexibility index (Phi) is 6.50. The van der Waals surface area contributed by atoms with Crippen LogP contribution >= 0.6 is 0 Å². The number of carbonyl (C=O) groups excluding carboxylic acids is 1. The number of anilines is 3. The van der Waals surface area contributed by atoms with Gasteiger partial charge in [0.05, 0.1) is 11.6 Å². The van der Waals surface area contributed by atoms with Crippen molar-refractivity contribution in [3.05, 3.63) is 42.1 Å². The van der Waals surface area contributed by atoms with E-state index in [9.17, 15) is 4.79 Å². The molecule has 0 aliphatic heterocycles. The summed E-state index contributed by atoms with van der Waals surface area (Å²) in [4.78, 5) is 24.4. The van der Waals surface area contributed by atoms with Crippen molar-refractivity contribution >= 4 is 23.5 Å².